The summed E-state index contributed by atoms with van der Waals surface area (Å²) in [7, 11) is 1.66. The minimum Gasteiger partial charge on any atom is -0.478 e. The smallest absolute Gasteiger partial charge is 0.407 e. The van der Waals surface area contributed by atoms with Crippen LogP contribution in [-0.2, 0) is 9.53 Å². The van der Waals surface area contributed by atoms with Crippen molar-refractivity contribution in [1.29, 1.82) is 0 Å². The molecule has 7 nitrogen and oxygen atoms in total. The molecule has 3 aromatic rings. The number of amides is 2. The second kappa shape index (κ2) is 10.9. The molecule has 4 rings (SSSR count). The summed E-state index contributed by atoms with van der Waals surface area (Å²) in [6.45, 7) is 0.685. The van der Waals surface area contributed by atoms with Crippen molar-refractivity contribution >= 4 is 23.7 Å². The highest BCUT2D eigenvalue weighted by atomic mass is 16.5. The average molecular weight is 473 g/mol. The van der Waals surface area contributed by atoms with E-state index in [1.807, 2.05) is 24.3 Å². The maximum absolute atomic E-state index is 12.4. The summed E-state index contributed by atoms with van der Waals surface area (Å²) >= 11 is 0. The van der Waals surface area contributed by atoms with Crippen LogP contribution in [0, 0.1) is 0 Å². The Hall–Kier alpha value is -4.13. The zero-order valence-corrected chi connectivity index (χ0v) is 19.6. The zero-order chi connectivity index (χ0) is 24.8. The van der Waals surface area contributed by atoms with Crippen LogP contribution in [0.5, 0.6) is 0 Å². The molecule has 7 heteroatoms. The molecule has 180 valence electrons. The van der Waals surface area contributed by atoms with Crippen LogP contribution in [0.1, 0.15) is 46.7 Å². The number of ether oxygens (including phenoxy) is 1. The molecule has 0 radical (unpaired) electrons. The quantitative estimate of drug-likeness (QED) is 0.425. The number of nitrogens with zero attached hydrogens (tertiary/aromatic N) is 1. The van der Waals surface area contributed by atoms with Gasteiger partial charge in [0, 0.05) is 31.6 Å². The lowest BCUT2D eigenvalue weighted by molar-refractivity contribution is -0.118. The van der Waals surface area contributed by atoms with Gasteiger partial charge in [-0.2, -0.15) is 0 Å². The minimum atomic E-state index is -1.01. The van der Waals surface area contributed by atoms with Crippen LogP contribution in [-0.4, -0.2) is 43.3 Å². The number of unbranched alkanes of at least 4 members (excludes halogenated alkanes) is 1. The van der Waals surface area contributed by atoms with Gasteiger partial charge in [0.1, 0.15) is 6.61 Å². The van der Waals surface area contributed by atoms with Crippen LogP contribution in [0.25, 0.3) is 11.1 Å². The Labute approximate surface area is 204 Å². The Bertz CT molecular complexity index is 1180. The van der Waals surface area contributed by atoms with Gasteiger partial charge in [-0.15, -0.1) is 0 Å². The first-order valence-corrected chi connectivity index (χ1v) is 11.6. The predicted octanol–water partition coefficient (Wildman–Crippen LogP) is 5.06. The molecule has 3 aromatic carbocycles. The van der Waals surface area contributed by atoms with Gasteiger partial charge in [0.25, 0.3) is 0 Å². The first kappa shape index (κ1) is 24.0. The molecule has 0 saturated heterocycles. The summed E-state index contributed by atoms with van der Waals surface area (Å²) < 4.78 is 5.52. The highest BCUT2D eigenvalue weighted by Gasteiger charge is 2.28. The van der Waals surface area contributed by atoms with Gasteiger partial charge in [-0.1, -0.05) is 48.5 Å². The highest BCUT2D eigenvalue weighted by molar-refractivity contribution is 5.94. The molecule has 0 spiro atoms. The largest absolute Gasteiger partial charge is 0.478 e. The van der Waals surface area contributed by atoms with Crippen molar-refractivity contribution in [2.24, 2.45) is 0 Å². The van der Waals surface area contributed by atoms with Crippen molar-refractivity contribution in [2.75, 3.05) is 25.1 Å². The van der Waals surface area contributed by atoms with Crippen molar-refractivity contribution in [1.82, 2.24) is 5.32 Å². The van der Waals surface area contributed by atoms with E-state index in [9.17, 15) is 14.4 Å². The predicted molar refractivity (Wildman–Crippen MR) is 134 cm³/mol. The molecule has 0 aliphatic heterocycles. The number of benzene rings is 3. The van der Waals surface area contributed by atoms with Gasteiger partial charge >= 0.3 is 12.1 Å². The van der Waals surface area contributed by atoms with Gasteiger partial charge in [0.05, 0.1) is 5.56 Å². The van der Waals surface area contributed by atoms with E-state index in [4.69, 9.17) is 9.84 Å². The number of carboxylic acids is 1. The fraction of sp³-hybridized carbons (Fsp3) is 0.250. The number of carbonyl (C=O) groups excluding carboxylic acids is 2. The van der Waals surface area contributed by atoms with Crippen LogP contribution in [0.4, 0.5) is 10.5 Å². The Morgan fingerprint density at radius 2 is 1.49 bits per heavy atom. The second-order valence-corrected chi connectivity index (χ2v) is 8.51. The molecule has 0 bridgehead atoms. The summed E-state index contributed by atoms with van der Waals surface area (Å²) in [4.78, 5) is 37.1. The Kier molecular flexibility index (Phi) is 7.45. The summed E-state index contributed by atoms with van der Waals surface area (Å²) in [5.41, 5.74) is 5.52. The van der Waals surface area contributed by atoms with E-state index in [0.29, 0.717) is 31.5 Å². The van der Waals surface area contributed by atoms with Crippen LogP contribution in [0.3, 0.4) is 0 Å². The maximum atomic E-state index is 12.4. The fourth-order valence-electron chi connectivity index (χ4n) is 4.38. The van der Waals surface area contributed by atoms with Gasteiger partial charge in [0.15, 0.2) is 0 Å². The van der Waals surface area contributed by atoms with Crippen LogP contribution < -0.4 is 10.2 Å². The molecule has 2 amide bonds. The standard InChI is InChI=1S/C28H28N2O5/c1-30(20-15-13-19(14-16-20)27(32)33)26(31)12-6-7-17-29-28(34)35-18-25-23-10-4-2-8-21(23)22-9-3-5-11-24(22)25/h2-5,8-11,13-16,25H,6-7,12,17-18H2,1H3,(H,29,34)(H,32,33). The summed E-state index contributed by atoms with van der Waals surface area (Å²) in [6, 6.07) is 22.6. The number of carbonyl (C=O) groups is 3. The first-order valence-electron chi connectivity index (χ1n) is 11.6. The van der Waals surface area contributed by atoms with Crippen molar-refractivity contribution in [3.63, 3.8) is 0 Å². The Balaban J connectivity index is 1.18. The lowest BCUT2D eigenvalue weighted by Crippen LogP contribution is -2.28. The molecule has 1 aliphatic carbocycles. The first-order chi connectivity index (χ1) is 17.0. The lowest BCUT2D eigenvalue weighted by atomic mass is 9.98. The molecule has 0 unspecified atom stereocenters. The molecule has 0 fully saturated rings. The van der Waals surface area contributed by atoms with E-state index in [0.717, 1.165) is 0 Å². The molecule has 0 heterocycles. The van der Waals surface area contributed by atoms with E-state index in [1.165, 1.54) is 39.3 Å². The Morgan fingerprint density at radius 1 is 0.886 bits per heavy atom. The number of carboxylic acid groups (broad SMARTS) is 1. The van der Waals surface area contributed by atoms with Gasteiger partial charge in [-0.3, -0.25) is 4.79 Å². The van der Waals surface area contributed by atoms with E-state index >= 15 is 0 Å². The topological polar surface area (TPSA) is 95.9 Å². The van der Waals surface area contributed by atoms with Gasteiger partial charge in [0.2, 0.25) is 5.91 Å². The molecular weight excluding hydrogens is 444 g/mol. The average Bonchev–Trinajstić information content (AvgIpc) is 3.20. The second-order valence-electron chi connectivity index (χ2n) is 8.51. The minimum absolute atomic E-state index is 0.0193. The summed E-state index contributed by atoms with van der Waals surface area (Å²) in [6.07, 6.45) is 1.11. The third-order valence-electron chi connectivity index (χ3n) is 6.31. The lowest BCUT2D eigenvalue weighted by Gasteiger charge is -2.17. The molecule has 0 saturated carbocycles. The number of fused-ring (bicyclic) bond motifs is 3. The van der Waals surface area contributed by atoms with Crippen LogP contribution in [0.15, 0.2) is 72.8 Å². The molecule has 1 aliphatic rings. The zero-order valence-electron chi connectivity index (χ0n) is 19.6. The van der Waals surface area contributed by atoms with Crippen molar-refractivity contribution in [3.8, 4) is 11.1 Å². The van der Waals surface area contributed by atoms with Gasteiger partial charge in [-0.05, 0) is 59.4 Å². The van der Waals surface area contributed by atoms with Crippen molar-refractivity contribution in [3.05, 3.63) is 89.5 Å². The number of nitrogens with one attached hydrogen (secondary N) is 1. The number of hydrogen-bond donors (Lipinski definition) is 2. The number of aromatic carboxylic acids is 1. The number of rotatable bonds is 9. The maximum Gasteiger partial charge on any atom is 0.407 e. The summed E-state index contributed by atoms with van der Waals surface area (Å²) in [5, 5.41) is 11.7. The SMILES string of the molecule is CN(C(=O)CCCCNC(=O)OCC1c2ccccc2-c2ccccc21)c1ccc(C(=O)O)cc1. The highest BCUT2D eigenvalue weighted by Crippen LogP contribution is 2.44. The van der Waals surface area contributed by atoms with Crippen molar-refractivity contribution < 1.29 is 24.2 Å². The molecule has 0 atom stereocenters. The molecule has 2 N–H and O–H groups in total. The van der Waals surface area contributed by atoms with Crippen LogP contribution in [0.2, 0.25) is 0 Å². The van der Waals surface area contributed by atoms with E-state index in [2.05, 4.69) is 29.6 Å². The summed E-state index contributed by atoms with van der Waals surface area (Å²) in [5.74, 6) is -1.06. The number of hydrogen-bond acceptors (Lipinski definition) is 4. The van der Waals surface area contributed by atoms with E-state index in [1.54, 1.807) is 19.2 Å². The Morgan fingerprint density at radius 3 is 2.09 bits per heavy atom. The monoisotopic (exact) mass is 472 g/mol. The molecule has 0 aromatic heterocycles. The molecular formula is C28H28N2O5. The number of anilines is 1. The number of alkyl carbamates (subject to hydrolysis) is 1. The third-order valence-corrected chi connectivity index (χ3v) is 6.31. The molecule has 35 heavy (non-hydrogen) atoms. The third kappa shape index (κ3) is 5.51. The van der Waals surface area contributed by atoms with Gasteiger partial charge in [-0.25, -0.2) is 9.59 Å². The normalized spacial score (nSPS) is 11.9. The van der Waals surface area contributed by atoms with Crippen molar-refractivity contribution in [2.45, 2.75) is 25.2 Å². The van der Waals surface area contributed by atoms with E-state index < -0.39 is 12.1 Å². The fourth-order valence-corrected chi connectivity index (χ4v) is 4.38. The van der Waals surface area contributed by atoms with Crippen LogP contribution >= 0.6 is 0 Å². The van der Waals surface area contributed by atoms with Gasteiger partial charge < -0.3 is 20.1 Å². The van der Waals surface area contributed by atoms with E-state index in [-0.39, 0.29) is 24.0 Å².